The summed E-state index contributed by atoms with van der Waals surface area (Å²) >= 11 is 0. The van der Waals surface area contributed by atoms with Crippen LogP contribution in [0.25, 0.3) is 0 Å². The Morgan fingerprint density at radius 1 is 0.513 bits per heavy atom. The van der Waals surface area contributed by atoms with Gasteiger partial charge in [-0.2, -0.15) is 0 Å². The highest BCUT2D eigenvalue weighted by Crippen LogP contribution is 2.31. The van der Waals surface area contributed by atoms with Crippen LogP contribution in [-0.2, 0) is 9.30 Å². The fraction of sp³-hybridized carbons (Fsp3) is 1.00. The SMILES string of the molecule is CCCCCCCCCCCCCCC(CCCCCCCCCCCCCC)(CP=O)OCC[N+](C)(C)C. The maximum absolute atomic E-state index is 11.8. The Bertz CT molecular complexity index is 477. The van der Waals surface area contributed by atoms with E-state index in [1.165, 1.54) is 154 Å². The van der Waals surface area contributed by atoms with Crippen molar-refractivity contribution in [1.29, 1.82) is 0 Å². The van der Waals surface area contributed by atoms with E-state index in [1.807, 2.05) is 0 Å². The number of quaternary nitrogens is 1. The Morgan fingerprint density at radius 3 is 1.10 bits per heavy atom. The molecule has 0 aliphatic carbocycles. The van der Waals surface area contributed by atoms with E-state index in [2.05, 4.69) is 35.0 Å². The van der Waals surface area contributed by atoms with Gasteiger partial charge in [0, 0.05) is 0 Å². The normalized spacial score (nSPS) is 12.5. The molecule has 39 heavy (non-hydrogen) atoms. The third kappa shape index (κ3) is 27.9. The Labute approximate surface area is 248 Å². The third-order valence-electron chi connectivity index (χ3n) is 8.49. The third-order valence-corrected chi connectivity index (χ3v) is 9.20. The number of hydrogen-bond acceptors (Lipinski definition) is 2. The van der Waals surface area contributed by atoms with Crippen molar-refractivity contribution in [3.63, 3.8) is 0 Å². The standard InChI is InChI=1S/C35H73NO2P/c1-6-8-10-12-14-16-18-20-22-24-26-28-30-35(34-39-37,38-33-32-36(3,4)5)31-29-27-25-23-21-19-17-15-13-11-9-7-2/h6-34H2,1-5H3/q+1. The Balaban J connectivity index is 4.26. The van der Waals surface area contributed by atoms with E-state index in [4.69, 9.17) is 4.74 Å². The van der Waals surface area contributed by atoms with E-state index in [-0.39, 0.29) is 14.1 Å². The Morgan fingerprint density at radius 2 is 0.821 bits per heavy atom. The number of likely N-dealkylation sites (N-methyl/N-ethyl adjacent to an activating group) is 1. The van der Waals surface area contributed by atoms with Crippen LogP contribution in [0.3, 0.4) is 0 Å². The zero-order chi connectivity index (χ0) is 28.9. The summed E-state index contributed by atoms with van der Waals surface area (Å²) in [6.07, 6.45) is 35.9. The Hall–Kier alpha value is 0.0200. The van der Waals surface area contributed by atoms with Crippen molar-refractivity contribution >= 4 is 8.46 Å². The molecule has 0 aromatic heterocycles. The van der Waals surface area contributed by atoms with Crippen LogP contribution >= 0.6 is 8.46 Å². The largest absolute Gasteiger partial charge is 0.368 e. The molecule has 0 heterocycles. The maximum Gasteiger partial charge on any atom is 0.158 e. The summed E-state index contributed by atoms with van der Waals surface area (Å²) in [6.45, 7) is 6.37. The minimum Gasteiger partial charge on any atom is -0.368 e. The van der Waals surface area contributed by atoms with Crippen LogP contribution in [-0.4, -0.2) is 50.5 Å². The van der Waals surface area contributed by atoms with E-state index < -0.39 is 0 Å². The van der Waals surface area contributed by atoms with Crippen LogP contribution < -0.4 is 0 Å². The quantitative estimate of drug-likeness (QED) is 0.0457. The van der Waals surface area contributed by atoms with Gasteiger partial charge in [0.1, 0.15) is 6.54 Å². The van der Waals surface area contributed by atoms with Gasteiger partial charge in [0.2, 0.25) is 0 Å². The monoisotopic (exact) mass is 571 g/mol. The van der Waals surface area contributed by atoms with Gasteiger partial charge in [-0.1, -0.05) is 168 Å². The minimum atomic E-state index is -0.185. The van der Waals surface area contributed by atoms with Gasteiger partial charge in [-0.15, -0.1) is 0 Å². The lowest BCUT2D eigenvalue weighted by molar-refractivity contribution is -0.871. The molecule has 0 rings (SSSR count). The van der Waals surface area contributed by atoms with Gasteiger partial charge in [0.05, 0.1) is 39.5 Å². The molecule has 0 atom stereocenters. The van der Waals surface area contributed by atoms with Crippen LogP contribution in [0.5, 0.6) is 0 Å². The van der Waals surface area contributed by atoms with Crippen molar-refractivity contribution in [3.8, 4) is 0 Å². The van der Waals surface area contributed by atoms with Crippen molar-refractivity contribution < 1.29 is 13.8 Å². The molecular weight excluding hydrogens is 497 g/mol. The summed E-state index contributed by atoms with van der Waals surface area (Å²) in [6, 6.07) is 0. The molecule has 0 aromatic carbocycles. The molecule has 0 amide bonds. The summed E-state index contributed by atoms with van der Waals surface area (Å²) in [4.78, 5) is 0. The average molecular weight is 571 g/mol. The summed E-state index contributed by atoms with van der Waals surface area (Å²) < 4.78 is 19.4. The summed E-state index contributed by atoms with van der Waals surface area (Å²) in [5, 5.41) is 0. The molecule has 4 heteroatoms. The van der Waals surface area contributed by atoms with E-state index in [0.29, 0.717) is 6.16 Å². The zero-order valence-electron chi connectivity index (χ0n) is 27.7. The fourth-order valence-corrected chi connectivity index (χ4v) is 6.35. The summed E-state index contributed by atoms with van der Waals surface area (Å²) in [5.41, 5.74) is -0.185. The second-order valence-corrected chi connectivity index (χ2v) is 14.2. The lowest BCUT2D eigenvalue weighted by atomic mass is 9.90. The molecule has 0 radical (unpaired) electrons. The number of unbranched alkanes of at least 4 members (excludes halogenated alkanes) is 22. The van der Waals surface area contributed by atoms with Gasteiger partial charge in [0.25, 0.3) is 0 Å². The van der Waals surface area contributed by atoms with E-state index in [0.717, 1.165) is 30.5 Å². The highest BCUT2D eigenvalue weighted by atomic mass is 31.1. The first-order valence-electron chi connectivity index (χ1n) is 17.6. The van der Waals surface area contributed by atoms with Gasteiger partial charge in [-0.3, -0.25) is 4.57 Å². The first-order valence-corrected chi connectivity index (χ1v) is 18.6. The van der Waals surface area contributed by atoms with Crippen molar-refractivity contribution in [2.45, 2.75) is 186 Å². The molecule has 3 nitrogen and oxygen atoms in total. The van der Waals surface area contributed by atoms with Gasteiger partial charge in [-0.05, 0) is 12.8 Å². The van der Waals surface area contributed by atoms with Crippen molar-refractivity contribution in [2.24, 2.45) is 0 Å². The van der Waals surface area contributed by atoms with Crippen LogP contribution in [0.15, 0.2) is 0 Å². The minimum absolute atomic E-state index is 0.185. The molecule has 0 saturated heterocycles. The fourth-order valence-electron chi connectivity index (χ4n) is 5.70. The topological polar surface area (TPSA) is 26.3 Å². The van der Waals surface area contributed by atoms with E-state index in [1.54, 1.807) is 0 Å². The van der Waals surface area contributed by atoms with E-state index in [9.17, 15) is 4.57 Å². The lowest BCUT2D eigenvalue weighted by Gasteiger charge is -2.34. The molecule has 0 aliphatic rings. The van der Waals surface area contributed by atoms with Crippen LogP contribution in [0.1, 0.15) is 181 Å². The number of nitrogens with zero attached hydrogens (tertiary/aromatic N) is 1. The summed E-state index contributed by atoms with van der Waals surface area (Å²) in [7, 11) is 6.94. The maximum atomic E-state index is 11.8. The van der Waals surface area contributed by atoms with E-state index >= 15 is 0 Å². The van der Waals surface area contributed by atoms with Crippen LogP contribution in [0.4, 0.5) is 0 Å². The molecule has 0 aliphatic heterocycles. The van der Waals surface area contributed by atoms with Crippen LogP contribution in [0, 0.1) is 0 Å². The summed E-state index contributed by atoms with van der Waals surface area (Å²) in [5.74, 6) is 0. The molecule has 234 valence electrons. The second-order valence-electron chi connectivity index (χ2n) is 13.6. The Kier molecular flexibility index (Phi) is 28.2. The van der Waals surface area contributed by atoms with Crippen LogP contribution in [0.2, 0.25) is 0 Å². The first kappa shape index (κ1) is 39.0. The molecule has 0 bridgehead atoms. The highest BCUT2D eigenvalue weighted by molar-refractivity contribution is 7.23. The number of ether oxygens (including phenoxy) is 1. The van der Waals surface area contributed by atoms with Gasteiger partial charge >= 0.3 is 0 Å². The molecule has 0 aromatic rings. The van der Waals surface area contributed by atoms with Crippen molar-refractivity contribution in [1.82, 2.24) is 0 Å². The smallest absolute Gasteiger partial charge is 0.158 e. The average Bonchev–Trinajstić information content (AvgIpc) is 2.89. The molecular formula is C35H73NO2P+. The predicted molar refractivity (Wildman–Crippen MR) is 175 cm³/mol. The lowest BCUT2D eigenvalue weighted by Crippen LogP contribution is -2.42. The molecule has 0 spiro atoms. The molecule has 0 N–H and O–H groups in total. The predicted octanol–water partition coefficient (Wildman–Crippen LogP) is 11.9. The van der Waals surface area contributed by atoms with Gasteiger partial charge in [0.15, 0.2) is 8.46 Å². The molecule has 0 fully saturated rings. The highest BCUT2D eigenvalue weighted by Gasteiger charge is 2.31. The second kappa shape index (κ2) is 28.2. The first-order chi connectivity index (χ1) is 18.9. The number of hydrogen-bond donors (Lipinski definition) is 0. The molecule has 0 unspecified atom stereocenters. The zero-order valence-corrected chi connectivity index (χ0v) is 28.6. The van der Waals surface area contributed by atoms with Gasteiger partial charge in [-0.25, -0.2) is 0 Å². The van der Waals surface area contributed by atoms with Crippen molar-refractivity contribution in [3.05, 3.63) is 0 Å². The molecule has 0 saturated carbocycles. The number of rotatable bonds is 32. The van der Waals surface area contributed by atoms with Crippen molar-refractivity contribution in [2.75, 3.05) is 40.5 Å². The van der Waals surface area contributed by atoms with Gasteiger partial charge < -0.3 is 9.22 Å².